The highest BCUT2D eigenvalue weighted by molar-refractivity contribution is 6.30. The van der Waals surface area contributed by atoms with Crippen LogP contribution < -0.4 is 5.32 Å². The van der Waals surface area contributed by atoms with Gasteiger partial charge in [0.15, 0.2) is 5.82 Å². The van der Waals surface area contributed by atoms with Crippen LogP contribution in [-0.4, -0.2) is 26.7 Å². The minimum absolute atomic E-state index is 0.154. The molecule has 0 atom stereocenters. The van der Waals surface area contributed by atoms with Gasteiger partial charge in [-0.3, -0.25) is 0 Å². The van der Waals surface area contributed by atoms with Gasteiger partial charge in [0.2, 0.25) is 5.89 Å². The molecule has 0 aliphatic heterocycles. The largest absolute Gasteiger partial charge is 0.369 e. The van der Waals surface area contributed by atoms with Gasteiger partial charge in [-0.25, -0.2) is 9.97 Å². The van der Waals surface area contributed by atoms with Crippen molar-refractivity contribution < 1.29 is 4.52 Å². The first-order valence-corrected chi connectivity index (χ1v) is 7.23. The lowest BCUT2D eigenvalue weighted by Crippen LogP contribution is -2.19. The van der Waals surface area contributed by atoms with Crippen LogP contribution in [0.1, 0.15) is 43.9 Å². The molecule has 0 saturated carbocycles. The summed E-state index contributed by atoms with van der Waals surface area (Å²) in [4.78, 5) is 13.1. The second kappa shape index (κ2) is 5.97. The van der Waals surface area contributed by atoms with E-state index in [1.807, 2.05) is 6.92 Å². The van der Waals surface area contributed by atoms with Crippen molar-refractivity contribution >= 4 is 17.4 Å². The minimum atomic E-state index is -0.154. The SMILES string of the molecule is Cc1nc(CCNc2nc(C(C)(C)C)nc(Cl)c2C)no1. The Hall–Kier alpha value is -1.69. The van der Waals surface area contributed by atoms with Crippen LogP contribution in [0.2, 0.25) is 5.15 Å². The van der Waals surface area contributed by atoms with Crippen molar-refractivity contribution in [2.24, 2.45) is 0 Å². The van der Waals surface area contributed by atoms with Gasteiger partial charge in [0, 0.05) is 30.9 Å². The predicted molar refractivity (Wildman–Crippen MR) is 81.7 cm³/mol. The van der Waals surface area contributed by atoms with E-state index in [4.69, 9.17) is 16.1 Å². The summed E-state index contributed by atoms with van der Waals surface area (Å²) in [6.45, 7) is 10.5. The molecule has 0 fully saturated rings. The molecule has 0 spiro atoms. The molecule has 21 heavy (non-hydrogen) atoms. The van der Waals surface area contributed by atoms with Crippen LogP contribution in [0.25, 0.3) is 0 Å². The third kappa shape index (κ3) is 3.91. The highest BCUT2D eigenvalue weighted by atomic mass is 35.5. The molecule has 1 N–H and O–H groups in total. The van der Waals surface area contributed by atoms with Gasteiger partial charge in [0.05, 0.1) is 0 Å². The van der Waals surface area contributed by atoms with Gasteiger partial charge >= 0.3 is 0 Å². The van der Waals surface area contributed by atoms with E-state index in [2.05, 4.69) is 46.2 Å². The molecule has 0 unspecified atom stereocenters. The summed E-state index contributed by atoms with van der Waals surface area (Å²) in [7, 11) is 0. The molecule has 0 aliphatic carbocycles. The van der Waals surface area contributed by atoms with E-state index in [1.165, 1.54) is 0 Å². The van der Waals surface area contributed by atoms with Gasteiger partial charge in [-0.2, -0.15) is 4.98 Å². The third-order valence-corrected chi connectivity index (χ3v) is 3.34. The number of halogens is 1. The van der Waals surface area contributed by atoms with Gasteiger partial charge in [-0.05, 0) is 6.92 Å². The molecule has 0 aliphatic rings. The quantitative estimate of drug-likeness (QED) is 0.875. The number of rotatable bonds is 4. The molecule has 6 nitrogen and oxygen atoms in total. The van der Waals surface area contributed by atoms with Crippen molar-refractivity contribution in [3.05, 3.63) is 28.3 Å². The number of nitrogens with one attached hydrogen (secondary N) is 1. The predicted octanol–water partition coefficient (Wildman–Crippen LogP) is 3.08. The lowest BCUT2D eigenvalue weighted by Gasteiger charge is -2.19. The average Bonchev–Trinajstić information content (AvgIpc) is 2.79. The molecular weight excluding hydrogens is 290 g/mol. The summed E-state index contributed by atoms with van der Waals surface area (Å²) in [6, 6.07) is 0. The van der Waals surface area contributed by atoms with Crippen LogP contribution in [0.5, 0.6) is 0 Å². The fraction of sp³-hybridized carbons (Fsp3) is 0.571. The zero-order chi connectivity index (χ0) is 15.6. The molecule has 0 radical (unpaired) electrons. The van der Waals surface area contributed by atoms with Gasteiger partial charge in [-0.15, -0.1) is 0 Å². The standard InChI is InChI=1S/C14H20ClN5O/c1-8-11(15)18-13(14(3,4)5)19-12(8)16-7-6-10-17-9(2)21-20-10/h6-7H2,1-5H3,(H,16,18,19). The van der Waals surface area contributed by atoms with Gasteiger partial charge < -0.3 is 9.84 Å². The molecule has 2 heterocycles. The summed E-state index contributed by atoms with van der Waals surface area (Å²) in [6.07, 6.45) is 0.656. The van der Waals surface area contributed by atoms with E-state index in [0.29, 0.717) is 29.8 Å². The molecule has 114 valence electrons. The smallest absolute Gasteiger partial charge is 0.223 e. The minimum Gasteiger partial charge on any atom is -0.369 e. The Morgan fingerprint density at radius 1 is 1.14 bits per heavy atom. The summed E-state index contributed by atoms with van der Waals surface area (Å²) in [5, 5.41) is 7.61. The van der Waals surface area contributed by atoms with E-state index in [0.717, 1.165) is 17.2 Å². The Morgan fingerprint density at radius 3 is 2.43 bits per heavy atom. The van der Waals surface area contributed by atoms with Crippen molar-refractivity contribution in [1.82, 2.24) is 20.1 Å². The van der Waals surface area contributed by atoms with Crippen LogP contribution in [0.15, 0.2) is 4.52 Å². The number of aromatic nitrogens is 4. The highest BCUT2D eigenvalue weighted by Crippen LogP contribution is 2.25. The molecule has 2 aromatic rings. The molecule has 2 aromatic heterocycles. The normalized spacial score (nSPS) is 11.7. The topological polar surface area (TPSA) is 76.7 Å². The van der Waals surface area contributed by atoms with E-state index >= 15 is 0 Å². The maximum Gasteiger partial charge on any atom is 0.223 e. The van der Waals surface area contributed by atoms with E-state index < -0.39 is 0 Å². The van der Waals surface area contributed by atoms with Gasteiger partial charge in [0.25, 0.3) is 0 Å². The van der Waals surface area contributed by atoms with Crippen molar-refractivity contribution in [1.29, 1.82) is 0 Å². The Kier molecular flexibility index (Phi) is 4.46. The summed E-state index contributed by atoms with van der Waals surface area (Å²) >= 11 is 6.19. The Morgan fingerprint density at radius 2 is 1.86 bits per heavy atom. The first kappa shape index (κ1) is 15.7. The van der Waals surface area contributed by atoms with Crippen molar-refractivity contribution in [3.63, 3.8) is 0 Å². The number of hydrogen-bond acceptors (Lipinski definition) is 6. The first-order chi connectivity index (χ1) is 9.77. The lowest BCUT2D eigenvalue weighted by atomic mass is 9.95. The van der Waals surface area contributed by atoms with Crippen molar-refractivity contribution in [3.8, 4) is 0 Å². The lowest BCUT2D eigenvalue weighted by molar-refractivity contribution is 0.387. The fourth-order valence-corrected chi connectivity index (χ4v) is 1.90. The second-order valence-electron chi connectivity index (χ2n) is 5.97. The Labute approximate surface area is 129 Å². The third-order valence-electron chi connectivity index (χ3n) is 2.97. The second-order valence-corrected chi connectivity index (χ2v) is 6.33. The summed E-state index contributed by atoms with van der Waals surface area (Å²) < 4.78 is 4.94. The maximum absolute atomic E-state index is 6.19. The zero-order valence-electron chi connectivity index (χ0n) is 13.0. The molecule has 2 rings (SSSR count). The number of nitrogens with zero attached hydrogens (tertiary/aromatic N) is 4. The molecule has 0 aromatic carbocycles. The average molecular weight is 310 g/mol. The van der Waals surface area contributed by atoms with Crippen LogP contribution in [0, 0.1) is 13.8 Å². The van der Waals surface area contributed by atoms with Crippen molar-refractivity contribution in [2.45, 2.75) is 46.5 Å². The van der Waals surface area contributed by atoms with Crippen LogP contribution >= 0.6 is 11.6 Å². The van der Waals surface area contributed by atoms with Gasteiger partial charge in [-0.1, -0.05) is 37.5 Å². The Bertz CT molecular complexity index is 633. The maximum atomic E-state index is 6.19. The molecular formula is C14H20ClN5O. The monoisotopic (exact) mass is 309 g/mol. The summed E-state index contributed by atoms with van der Waals surface area (Å²) in [5.41, 5.74) is 0.687. The van der Waals surface area contributed by atoms with E-state index in [-0.39, 0.29) is 5.41 Å². The van der Waals surface area contributed by atoms with E-state index in [9.17, 15) is 0 Å². The molecule has 0 bridgehead atoms. The fourth-order valence-electron chi connectivity index (χ4n) is 1.73. The number of aryl methyl sites for hydroxylation is 1. The van der Waals surface area contributed by atoms with E-state index in [1.54, 1.807) is 6.92 Å². The zero-order valence-corrected chi connectivity index (χ0v) is 13.7. The molecule has 0 amide bonds. The molecule has 7 heteroatoms. The Balaban J connectivity index is 2.10. The highest BCUT2D eigenvalue weighted by Gasteiger charge is 2.20. The van der Waals surface area contributed by atoms with Crippen LogP contribution in [0.4, 0.5) is 5.82 Å². The summed E-state index contributed by atoms with van der Waals surface area (Å²) in [5.74, 6) is 2.71. The van der Waals surface area contributed by atoms with Crippen LogP contribution in [-0.2, 0) is 11.8 Å². The van der Waals surface area contributed by atoms with Crippen molar-refractivity contribution in [2.75, 3.05) is 11.9 Å². The number of anilines is 1. The number of hydrogen-bond donors (Lipinski definition) is 1. The van der Waals surface area contributed by atoms with Crippen LogP contribution in [0.3, 0.4) is 0 Å². The molecule has 0 saturated heterocycles. The first-order valence-electron chi connectivity index (χ1n) is 6.85. The van der Waals surface area contributed by atoms with Gasteiger partial charge in [0.1, 0.15) is 16.8 Å².